The number of thioether (sulfide) groups is 1. The SMILES string of the molecule is Cc1ccc(S(=O)(=O)Oc2ccc(Br)cc2/C=C2\SC(=O)N(Cc3cc4c(cc3Cl)OCO4)C2=O)cc1. The smallest absolute Gasteiger partial charge is 0.339 e. The van der Waals surface area contributed by atoms with Crippen LogP contribution in [0.25, 0.3) is 6.08 Å². The van der Waals surface area contributed by atoms with Gasteiger partial charge in [0.25, 0.3) is 11.1 Å². The van der Waals surface area contributed by atoms with Crippen LogP contribution in [0.15, 0.2) is 68.9 Å². The van der Waals surface area contributed by atoms with Gasteiger partial charge >= 0.3 is 10.1 Å². The summed E-state index contributed by atoms with van der Waals surface area (Å²) in [5, 5.41) is -0.161. The molecular weight excluding hydrogens is 606 g/mol. The quantitative estimate of drug-likeness (QED) is 0.239. The first-order chi connectivity index (χ1) is 17.6. The van der Waals surface area contributed by atoms with Gasteiger partial charge in [0.15, 0.2) is 11.5 Å². The molecule has 2 aliphatic rings. The van der Waals surface area contributed by atoms with Crippen LogP contribution in [0.4, 0.5) is 4.79 Å². The number of nitrogens with zero attached hydrogens (tertiary/aromatic N) is 1. The molecule has 190 valence electrons. The van der Waals surface area contributed by atoms with E-state index in [9.17, 15) is 18.0 Å². The van der Waals surface area contributed by atoms with Gasteiger partial charge in [-0.05, 0) is 66.7 Å². The molecule has 1 saturated heterocycles. The third kappa shape index (κ3) is 5.35. The Labute approximate surface area is 230 Å². The second-order valence-corrected chi connectivity index (χ2v) is 12.0. The van der Waals surface area contributed by atoms with Crippen molar-refractivity contribution in [2.75, 3.05) is 6.79 Å². The van der Waals surface area contributed by atoms with E-state index in [-0.39, 0.29) is 28.9 Å². The van der Waals surface area contributed by atoms with E-state index in [2.05, 4.69) is 15.9 Å². The summed E-state index contributed by atoms with van der Waals surface area (Å²) in [6, 6.07) is 14.1. The van der Waals surface area contributed by atoms with Crippen LogP contribution in [-0.2, 0) is 21.5 Å². The number of carbonyl (C=O) groups excluding carboxylic acids is 2. The molecule has 5 rings (SSSR count). The van der Waals surface area contributed by atoms with Crippen LogP contribution < -0.4 is 13.7 Å². The molecule has 37 heavy (non-hydrogen) atoms. The normalized spacial score (nSPS) is 16.1. The number of ether oxygens (including phenoxy) is 2. The zero-order chi connectivity index (χ0) is 26.3. The van der Waals surface area contributed by atoms with Crippen molar-refractivity contribution in [3.8, 4) is 17.2 Å². The van der Waals surface area contributed by atoms with Gasteiger partial charge in [0.2, 0.25) is 6.79 Å². The Kier molecular flexibility index (Phi) is 6.97. The summed E-state index contributed by atoms with van der Waals surface area (Å²) >= 11 is 10.4. The molecule has 0 bridgehead atoms. The van der Waals surface area contributed by atoms with E-state index in [1.54, 1.807) is 36.4 Å². The van der Waals surface area contributed by atoms with Crippen LogP contribution in [0.1, 0.15) is 16.7 Å². The number of fused-ring (bicyclic) bond motifs is 1. The lowest BCUT2D eigenvalue weighted by atomic mass is 10.1. The number of rotatable bonds is 6. The molecule has 3 aromatic rings. The maximum atomic E-state index is 13.2. The molecule has 3 aromatic carbocycles. The zero-order valence-corrected chi connectivity index (χ0v) is 23.0. The number of benzene rings is 3. The third-order valence-electron chi connectivity index (χ3n) is 5.51. The van der Waals surface area contributed by atoms with Crippen molar-refractivity contribution in [1.29, 1.82) is 0 Å². The summed E-state index contributed by atoms with van der Waals surface area (Å²) in [5.41, 5.74) is 1.72. The highest BCUT2D eigenvalue weighted by Gasteiger charge is 2.36. The van der Waals surface area contributed by atoms with Crippen LogP contribution in [0.2, 0.25) is 5.02 Å². The third-order valence-corrected chi connectivity index (χ3v) is 8.51. The topological polar surface area (TPSA) is 99.2 Å². The van der Waals surface area contributed by atoms with Gasteiger partial charge in [-0.15, -0.1) is 0 Å². The summed E-state index contributed by atoms with van der Waals surface area (Å²) < 4.78 is 42.4. The van der Waals surface area contributed by atoms with Crippen molar-refractivity contribution >= 4 is 66.6 Å². The summed E-state index contributed by atoms with van der Waals surface area (Å²) in [7, 11) is -4.14. The average Bonchev–Trinajstić information content (AvgIpc) is 3.40. The van der Waals surface area contributed by atoms with Crippen molar-refractivity contribution in [1.82, 2.24) is 4.90 Å². The molecule has 2 aliphatic heterocycles. The number of halogens is 2. The predicted molar refractivity (Wildman–Crippen MR) is 142 cm³/mol. The highest BCUT2D eigenvalue weighted by atomic mass is 79.9. The van der Waals surface area contributed by atoms with Gasteiger partial charge < -0.3 is 13.7 Å². The lowest BCUT2D eigenvalue weighted by Crippen LogP contribution is -2.27. The zero-order valence-electron chi connectivity index (χ0n) is 19.1. The number of aryl methyl sites for hydroxylation is 1. The molecule has 0 saturated carbocycles. The Morgan fingerprint density at radius 2 is 1.78 bits per heavy atom. The van der Waals surface area contributed by atoms with Gasteiger partial charge in [0.1, 0.15) is 10.6 Å². The van der Waals surface area contributed by atoms with Crippen molar-refractivity contribution in [3.63, 3.8) is 0 Å². The van der Waals surface area contributed by atoms with Gasteiger partial charge in [-0.2, -0.15) is 8.42 Å². The number of imide groups is 1. The molecule has 0 aromatic heterocycles. The van der Waals surface area contributed by atoms with Gasteiger partial charge in [0, 0.05) is 21.1 Å². The van der Waals surface area contributed by atoms with Crippen LogP contribution in [-0.4, -0.2) is 31.3 Å². The Morgan fingerprint density at radius 3 is 2.51 bits per heavy atom. The molecule has 1 fully saturated rings. The average molecular weight is 623 g/mol. The minimum atomic E-state index is -4.14. The van der Waals surface area contributed by atoms with Crippen LogP contribution >= 0.6 is 39.3 Å². The highest BCUT2D eigenvalue weighted by Crippen LogP contribution is 2.40. The van der Waals surface area contributed by atoms with Crippen LogP contribution in [0.5, 0.6) is 17.2 Å². The second-order valence-electron chi connectivity index (χ2n) is 8.10. The molecule has 8 nitrogen and oxygen atoms in total. The fraction of sp³-hybridized carbons (Fsp3) is 0.120. The number of amides is 2. The van der Waals surface area contributed by atoms with E-state index in [1.807, 2.05) is 6.92 Å². The lowest BCUT2D eigenvalue weighted by molar-refractivity contribution is -0.123. The van der Waals surface area contributed by atoms with E-state index in [0.29, 0.717) is 32.1 Å². The Bertz CT molecular complexity index is 1570. The molecule has 0 radical (unpaired) electrons. The van der Waals surface area contributed by atoms with Crippen LogP contribution in [0, 0.1) is 6.92 Å². The molecule has 0 atom stereocenters. The minimum Gasteiger partial charge on any atom is -0.454 e. The molecule has 2 amide bonds. The fourth-order valence-corrected chi connectivity index (χ4v) is 5.98. The van der Waals surface area contributed by atoms with E-state index in [1.165, 1.54) is 24.3 Å². The van der Waals surface area contributed by atoms with Crippen molar-refractivity contribution < 1.29 is 31.7 Å². The van der Waals surface area contributed by atoms with E-state index in [4.69, 9.17) is 25.3 Å². The lowest BCUT2D eigenvalue weighted by Gasteiger charge is -2.14. The predicted octanol–water partition coefficient (Wildman–Crippen LogP) is 6.14. The Balaban J connectivity index is 1.42. The van der Waals surface area contributed by atoms with Crippen molar-refractivity contribution in [2.45, 2.75) is 18.4 Å². The first kappa shape index (κ1) is 25.7. The number of hydrogen-bond donors (Lipinski definition) is 0. The van der Waals surface area contributed by atoms with E-state index < -0.39 is 21.3 Å². The van der Waals surface area contributed by atoms with Crippen molar-refractivity contribution in [2.24, 2.45) is 0 Å². The van der Waals surface area contributed by atoms with Gasteiger partial charge in [-0.3, -0.25) is 14.5 Å². The first-order valence-electron chi connectivity index (χ1n) is 10.7. The van der Waals surface area contributed by atoms with E-state index in [0.717, 1.165) is 22.2 Å². The summed E-state index contributed by atoms with van der Waals surface area (Å²) in [6.45, 7) is 1.84. The highest BCUT2D eigenvalue weighted by molar-refractivity contribution is 9.10. The first-order valence-corrected chi connectivity index (χ1v) is 14.1. The minimum absolute atomic E-state index is 0.00658. The maximum Gasteiger partial charge on any atom is 0.339 e. The van der Waals surface area contributed by atoms with Crippen LogP contribution in [0.3, 0.4) is 0 Å². The summed E-state index contributed by atoms with van der Waals surface area (Å²) in [6.07, 6.45) is 1.43. The van der Waals surface area contributed by atoms with Gasteiger partial charge in [0.05, 0.1) is 11.4 Å². The molecular formula is C25H17BrClNO7S2. The number of carbonyl (C=O) groups is 2. The fourth-order valence-electron chi connectivity index (χ4n) is 3.61. The molecule has 2 heterocycles. The second kappa shape index (κ2) is 10.1. The monoisotopic (exact) mass is 621 g/mol. The molecule has 12 heteroatoms. The molecule has 0 N–H and O–H groups in total. The molecule has 0 aliphatic carbocycles. The van der Waals surface area contributed by atoms with Gasteiger partial charge in [-0.25, -0.2) is 0 Å². The summed E-state index contributed by atoms with van der Waals surface area (Å²) in [5.74, 6) is 0.434. The van der Waals surface area contributed by atoms with Gasteiger partial charge in [-0.1, -0.05) is 45.2 Å². The summed E-state index contributed by atoms with van der Waals surface area (Å²) in [4.78, 5) is 27.0. The number of hydrogen-bond acceptors (Lipinski definition) is 8. The Morgan fingerprint density at radius 1 is 1.08 bits per heavy atom. The molecule has 0 unspecified atom stereocenters. The Hall–Kier alpha value is -2.99. The standard InChI is InChI=1S/C25H17BrClNO7S2/c1-14-2-5-18(6-3-14)37(31,32)35-20-7-4-17(26)8-15(20)10-23-24(29)28(25(30)36-23)12-16-9-21-22(11-19(16)27)34-13-33-21/h2-11H,12-13H2,1H3/b23-10-. The molecule has 0 spiro atoms. The maximum absolute atomic E-state index is 13.2. The van der Waals surface area contributed by atoms with Crippen molar-refractivity contribution in [3.05, 3.63) is 85.7 Å². The largest absolute Gasteiger partial charge is 0.454 e. The van der Waals surface area contributed by atoms with E-state index >= 15 is 0 Å².